The Labute approximate surface area is 134 Å². The second-order valence-electron chi connectivity index (χ2n) is 5.95. The number of ether oxygens (including phenoxy) is 4. The molecule has 1 aliphatic carbocycles. The van der Waals surface area contributed by atoms with Crippen molar-refractivity contribution in [2.75, 3.05) is 7.11 Å². The number of benzene rings is 1. The van der Waals surface area contributed by atoms with E-state index in [1.54, 1.807) is 7.11 Å². The molecule has 4 rings (SSSR count). The first-order chi connectivity index (χ1) is 11.2. The van der Waals surface area contributed by atoms with E-state index in [1.807, 2.05) is 42.5 Å². The third-order valence-corrected chi connectivity index (χ3v) is 4.53. The minimum Gasteiger partial charge on any atom is -0.497 e. The molecule has 0 N–H and O–H groups in total. The first-order valence-corrected chi connectivity index (χ1v) is 7.73. The van der Waals surface area contributed by atoms with Crippen molar-refractivity contribution >= 4 is 5.97 Å². The summed E-state index contributed by atoms with van der Waals surface area (Å²) in [5.41, 5.74) is 1.09. The molecule has 5 nitrogen and oxygen atoms in total. The molecule has 23 heavy (non-hydrogen) atoms. The van der Waals surface area contributed by atoms with Crippen LogP contribution in [-0.4, -0.2) is 25.5 Å². The van der Waals surface area contributed by atoms with Crippen molar-refractivity contribution in [1.82, 2.24) is 0 Å². The zero-order valence-electron chi connectivity index (χ0n) is 12.8. The molecular weight excluding hydrogens is 296 g/mol. The first kappa shape index (κ1) is 14.3. The maximum atomic E-state index is 11.5. The summed E-state index contributed by atoms with van der Waals surface area (Å²) in [5.74, 6) is 1.30. The van der Waals surface area contributed by atoms with E-state index >= 15 is 0 Å². The Hall–Kier alpha value is -2.27. The Kier molecular flexibility index (Phi) is 3.58. The van der Waals surface area contributed by atoms with Gasteiger partial charge in [0.15, 0.2) is 0 Å². The molecule has 0 radical (unpaired) electrons. The van der Waals surface area contributed by atoms with Crippen LogP contribution < -0.4 is 0 Å². The van der Waals surface area contributed by atoms with Gasteiger partial charge in [-0.2, -0.15) is 0 Å². The lowest BCUT2D eigenvalue weighted by Crippen LogP contribution is -2.26. The van der Waals surface area contributed by atoms with Crippen LogP contribution in [-0.2, 0) is 30.3 Å². The van der Waals surface area contributed by atoms with Gasteiger partial charge in [-0.25, -0.2) is 0 Å². The van der Waals surface area contributed by atoms with E-state index in [2.05, 4.69) is 0 Å². The minimum atomic E-state index is -0.478. The van der Waals surface area contributed by atoms with Gasteiger partial charge in [0.05, 0.1) is 25.6 Å². The molecule has 4 atom stereocenters. The number of esters is 1. The van der Waals surface area contributed by atoms with Crippen LogP contribution in [0.3, 0.4) is 0 Å². The van der Waals surface area contributed by atoms with Crippen molar-refractivity contribution in [3.63, 3.8) is 0 Å². The number of allylic oxidation sites excluding steroid dienone is 1. The molecule has 2 saturated heterocycles. The van der Waals surface area contributed by atoms with Gasteiger partial charge in [-0.15, -0.1) is 0 Å². The molecule has 1 aromatic rings. The largest absolute Gasteiger partial charge is 0.497 e. The number of carbonyl (C=O) groups is 1. The van der Waals surface area contributed by atoms with Crippen molar-refractivity contribution in [2.24, 2.45) is 11.8 Å². The summed E-state index contributed by atoms with van der Waals surface area (Å²) in [6, 6.07) is 9.97. The zero-order chi connectivity index (χ0) is 15.8. The quantitative estimate of drug-likeness (QED) is 0.799. The van der Waals surface area contributed by atoms with Crippen LogP contribution in [0.25, 0.3) is 0 Å². The summed E-state index contributed by atoms with van der Waals surface area (Å²) in [5, 5.41) is 0. The van der Waals surface area contributed by atoms with Crippen LogP contribution in [0.15, 0.2) is 54.0 Å². The average Bonchev–Trinajstić information content (AvgIpc) is 3.08. The number of rotatable bonds is 4. The van der Waals surface area contributed by atoms with Crippen molar-refractivity contribution in [3.8, 4) is 0 Å². The summed E-state index contributed by atoms with van der Waals surface area (Å²) in [6.07, 6.45) is 3.52. The lowest BCUT2D eigenvalue weighted by molar-refractivity contribution is -0.161. The lowest BCUT2D eigenvalue weighted by Gasteiger charge is -2.26. The number of hydrogen-bond acceptors (Lipinski definition) is 5. The van der Waals surface area contributed by atoms with Gasteiger partial charge < -0.3 is 18.9 Å². The van der Waals surface area contributed by atoms with Crippen LogP contribution in [0.5, 0.6) is 0 Å². The van der Waals surface area contributed by atoms with E-state index in [4.69, 9.17) is 18.9 Å². The van der Waals surface area contributed by atoms with Crippen molar-refractivity contribution < 1.29 is 23.7 Å². The Morgan fingerprint density at radius 1 is 1.26 bits per heavy atom. The highest BCUT2D eigenvalue weighted by atomic mass is 16.7. The Bertz CT molecular complexity index is 663. The lowest BCUT2D eigenvalue weighted by atomic mass is 9.84. The maximum Gasteiger partial charge on any atom is 0.308 e. The van der Waals surface area contributed by atoms with Gasteiger partial charge in [-0.1, -0.05) is 30.3 Å². The summed E-state index contributed by atoms with van der Waals surface area (Å²) < 4.78 is 22.5. The predicted octanol–water partition coefficient (Wildman–Crippen LogP) is 2.54. The van der Waals surface area contributed by atoms with Gasteiger partial charge in [-0.3, -0.25) is 4.79 Å². The van der Waals surface area contributed by atoms with Gasteiger partial charge in [0.25, 0.3) is 0 Å². The van der Waals surface area contributed by atoms with E-state index in [0.29, 0.717) is 18.8 Å². The highest BCUT2D eigenvalue weighted by molar-refractivity contribution is 5.72. The van der Waals surface area contributed by atoms with Crippen LogP contribution in [0.4, 0.5) is 0 Å². The maximum absolute atomic E-state index is 11.5. The molecular formula is C18H18O5. The molecule has 0 amide bonds. The molecule has 2 heterocycles. The molecule has 2 aliphatic heterocycles. The minimum absolute atomic E-state index is 0.00387. The van der Waals surface area contributed by atoms with Crippen molar-refractivity contribution in [3.05, 3.63) is 59.6 Å². The van der Waals surface area contributed by atoms with Crippen molar-refractivity contribution in [2.45, 2.75) is 25.4 Å². The van der Waals surface area contributed by atoms with Crippen molar-refractivity contribution in [1.29, 1.82) is 0 Å². The highest BCUT2D eigenvalue weighted by Crippen LogP contribution is 2.47. The molecule has 0 aromatic heterocycles. The summed E-state index contributed by atoms with van der Waals surface area (Å²) in [6.45, 7) is 0.471. The SMILES string of the molecule is COC1=CC2OC3OC(=O)CC3C2C(OCc2ccccc2)=C1. The third kappa shape index (κ3) is 2.61. The van der Waals surface area contributed by atoms with Crippen LogP contribution in [0, 0.1) is 11.8 Å². The molecule has 0 spiro atoms. The van der Waals surface area contributed by atoms with E-state index in [9.17, 15) is 4.79 Å². The number of fused-ring (bicyclic) bond motifs is 3. The van der Waals surface area contributed by atoms with Crippen LogP contribution >= 0.6 is 0 Å². The van der Waals surface area contributed by atoms with E-state index in [-0.39, 0.29) is 23.9 Å². The highest BCUT2D eigenvalue weighted by Gasteiger charge is 2.53. The number of hydrogen-bond donors (Lipinski definition) is 0. The molecule has 3 aliphatic rings. The molecule has 0 bridgehead atoms. The van der Waals surface area contributed by atoms with Gasteiger partial charge >= 0.3 is 5.97 Å². The monoisotopic (exact) mass is 314 g/mol. The van der Waals surface area contributed by atoms with Gasteiger partial charge in [0.1, 0.15) is 18.1 Å². The fourth-order valence-electron chi connectivity index (χ4n) is 3.43. The fourth-order valence-corrected chi connectivity index (χ4v) is 3.43. The molecule has 2 fully saturated rings. The molecule has 120 valence electrons. The summed E-state index contributed by atoms with van der Waals surface area (Å²) in [4.78, 5) is 11.5. The molecule has 4 unspecified atom stereocenters. The van der Waals surface area contributed by atoms with E-state index < -0.39 is 6.29 Å². The third-order valence-electron chi connectivity index (χ3n) is 4.53. The molecule has 5 heteroatoms. The standard InChI is InChI=1S/C18H18O5/c1-20-12-7-14(21-10-11-5-3-2-4-6-11)17-13-9-16(19)23-18(13)22-15(17)8-12/h2-8,13,15,17-18H,9-10H2,1H3. The Morgan fingerprint density at radius 2 is 2.09 bits per heavy atom. The van der Waals surface area contributed by atoms with E-state index in [0.717, 1.165) is 11.3 Å². The van der Waals surface area contributed by atoms with Gasteiger partial charge in [0, 0.05) is 12.0 Å². The Morgan fingerprint density at radius 3 is 2.87 bits per heavy atom. The predicted molar refractivity (Wildman–Crippen MR) is 80.8 cm³/mol. The Balaban J connectivity index is 1.56. The summed E-state index contributed by atoms with van der Waals surface area (Å²) >= 11 is 0. The fraction of sp³-hybridized carbons (Fsp3) is 0.389. The van der Waals surface area contributed by atoms with Crippen LogP contribution in [0.1, 0.15) is 12.0 Å². The van der Waals surface area contributed by atoms with Crippen LogP contribution in [0.2, 0.25) is 0 Å². The summed E-state index contributed by atoms with van der Waals surface area (Å²) in [7, 11) is 1.62. The first-order valence-electron chi connectivity index (χ1n) is 7.73. The van der Waals surface area contributed by atoms with Gasteiger partial charge in [0.2, 0.25) is 6.29 Å². The van der Waals surface area contributed by atoms with E-state index in [1.165, 1.54) is 0 Å². The molecule has 1 aromatic carbocycles. The number of methoxy groups -OCH3 is 1. The smallest absolute Gasteiger partial charge is 0.308 e. The van der Waals surface area contributed by atoms with Gasteiger partial charge in [-0.05, 0) is 11.6 Å². The zero-order valence-corrected chi connectivity index (χ0v) is 12.8. The average molecular weight is 314 g/mol. The second kappa shape index (κ2) is 5.74. The number of carbonyl (C=O) groups excluding carboxylic acids is 1. The topological polar surface area (TPSA) is 54.0 Å². The molecule has 0 saturated carbocycles. The normalized spacial score (nSPS) is 31.6. The second-order valence-corrected chi connectivity index (χ2v) is 5.95.